The first-order chi connectivity index (χ1) is 10.0. The minimum absolute atomic E-state index is 0.207. The molecule has 0 bridgehead atoms. The number of aromatic carboxylic acids is 1. The van der Waals surface area contributed by atoms with Crippen molar-refractivity contribution < 1.29 is 19.0 Å². The molecule has 0 aliphatic carbocycles. The van der Waals surface area contributed by atoms with Gasteiger partial charge in [0, 0.05) is 35.3 Å². The van der Waals surface area contributed by atoms with Gasteiger partial charge in [-0.05, 0) is 26.1 Å². The van der Waals surface area contributed by atoms with Gasteiger partial charge < -0.3 is 9.84 Å². The molecule has 1 aromatic heterocycles. The van der Waals surface area contributed by atoms with Gasteiger partial charge in [-0.1, -0.05) is 6.07 Å². The van der Waals surface area contributed by atoms with Crippen molar-refractivity contribution in [1.29, 1.82) is 0 Å². The quantitative estimate of drug-likeness (QED) is 0.798. The number of likely N-dealkylation sites (N-methyl/N-ethyl adjacent to an activating group) is 1. The number of fused-ring (bicyclic) bond motifs is 1. The van der Waals surface area contributed by atoms with E-state index in [1.165, 1.54) is 6.07 Å². The van der Waals surface area contributed by atoms with Crippen LogP contribution in [0, 0.1) is 5.82 Å². The van der Waals surface area contributed by atoms with E-state index >= 15 is 0 Å². The Balaban J connectivity index is 2.32. The summed E-state index contributed by atoms with van der Waals surface area (Å²) in [6.45, 7) is 4.18. The van der Waals surface area contributed by atoms with Crippen LogP contribution >= 0.6 is 11.3 Å². The van der Waals surface area contributed by atoms with Crippen LogP contribution in [0.4, 0.5) is 4.39 Å². The number of benzene rings is 1. The molecule has 1 N–H and O–H groups in total. The zero-order valence-corrected chi connectivity index (χ0v) is 12.9. The smallest absolute Gasteiger partial charge is 0.346 e. The number of carboxylic acids is 1. The lowest BCUT2D eigenvalue weighted by atomic mass is 10.1. The molecule has 0 saturated carbocycles. The first kappa shape index (κ1) is 15.9. The second-order valence-electron chi connectivity index (χ2n) is 4.76. The summed E-state index contributed by atoms with van der Waals surface area (Å²) < 4.78 is 20.0. The normalized spacial score (nSPS) is 11.4. The Kier molecular flexibility index (Phi) is 5.27. The molecule has 1 heterocycles. The van der Waals surface area contributed by atoms with Crippen LogP contribution in [0.15, 0.2) is 18.2 Å². The van der Waals surface area contributed by atoms with E-state index in [1.54, 1.807) is 12.1 Å². The fourth-order valence-corrected chi connectivity index (χ4v) is 3.27. The number of hydrogen-bond acceptors (Lipinski definition) is 4. The summed E-state index contributed by atoms with van der Waals surface area (Å²) in [7, 11) is 1.87. The van der Waals surface area contributed by atoms with Crippen LogP contribution in [0.25, 0.3) is 10.1 Å². The number of carboxylic acid groups (broad SMARTS) is 1. The topological polar surface area (TPSA) is 49.8 Å². The Labute approximate surface area is 126 Å². The molecule has 0 aliphatic rings. The maximum Gasteiger partial charge on any atom is 0.346 e. The maximum absolute atomic E-state index is 14.1. The van der Waals surface area contributed by atoms with E-state index in [4.69, 9.17) is 4.74 Å². The summed E-state index contributed by atoms with van der Waals surface area (Å²) in [4.78, 5) is 13.5. The van der Waals surface area contributed by atoms with Crippen molar-refractivity contribution in [1.82, 2.24) is 4.90 Å². The van der Waals surface area contributed by atoms with Gasteiger partial charge in [0.15, 0.2) is 0 Å². The van der Waals surface area contributed by atoms with E-state index in [9.17, 15) is 14.3 Å². The predicted octanol–water partition coefficient (Wildman–Crippen LogP) is 3.21. The maximum atomic E-state index is 14.1. The molecule has 0 amide bonds. The van der Waals surface area contributed by atoms with E-state index in [0.29, 0.717) is 42.0 Å². The summed E-state index contributed by atoms with van der Waals surface area (Å²) in [6, 6.07) is 4.71. The molecule has 114 valence electrons. The third kappa shape index (κ3) is 3.58. The molecule has 0 fully saturated rings. The van der Waals surface area contributed by atoms with E-state index < -0.39 is 5.97 Å². The molecule has 0 atom stereocenters. The first-order valence-electron chi connectivity index (χ1n) is 6.74. The number of halogens is 1. The molecule has 4 nitrogen and oxygen atoms in total. The number of carbonyl (C=O) groups is 1. The number of nitrogens with zero attached hydrogens (tertiary/aromatic N) is 1. The first-order valence-corrected chi connectivity index (χ1v) is 7.55. The molecule has 0 radical (unpaired) electrons. The predicted molar refractivity (Wildman–Crippen MR) is 81.6 cm³/mol. The second kappa shape index (κ2) is 6.98. The van der Waals surface area contributed by atoms with Crippen LogP contribution in [0.5, 0.6) is 0 Å². The molecule has 0 unspecified atom stereocenters. The minimum Gasteiger partial charge on any atom is -0.477 e. The zero-order valence-electron chi connectivity index (χ0n) is 12.1. The Morgan fingerprint density at radius 1 is 1.48 bits per heavy atom. The van der Waals surface area contributed by atoms with Gasteiger partial charge in [0.2, 0.25) is 0 Å². The number of ether oxygens (including phenoxy) is 1. The van der Waals surface area contributed by atoms with Gasteiger partial charge in [-0.2, -0.15) is 0 Å². The molecule has 6 heteroatoms. The minimum atomic E-state index is -1.01. The van der Waals surface area contributed by atoms with Gasteiger partial charge >= 0.3 is 5.97 Å². The average Bonchev–Trinajstić information content (AvgIpc) is 2.79. The SMILES string of the molecule is CCOCCN(C)Cc1c(C(=O)O)sc2cccc(F)c12. The standard InChI is InChI=1S/C15H18FNO3S/c1-3-20-8-7-17(2)9-10-13-11(16)5-4-6-12(13)21-14(10)15(18)19/h4-6H,3,7-9H2,1-2H3,(H,18,19). The van der Waals surface area contributed by atoms with Gasteiger partial charge in [-0.3, -0.25) is 4.90 Å². The van der Waals surface area contributed by atoms with Crippen molar-refractivity contribution in [2.24, 2.45) is 0 Å². The third-order valence-corrected chi connectivity index (χ3v) is 4.39. The highest BCUT2D eigenvalue weighted by atomic mass is 32.1. The molecule has 0 spiro atoms. The molecular formula is C15H18FNO3S. The highest BCUT2D eigenvalue weighted by Crippen LogP contribution is 2.33. The molecular weight excluding hydrogens is 293 g/mol. The zero-order chi connectivity index (χ0) is 15.4. The van der Waals surface area contributed by atoms with Crippen molar-refractivity contribution in [3.8, 4) is 0 Å². The fraction of sp³-hybridized carbons (Fsp3) is 0.400. The summed E-state index contributed by atoms with van der Waals surface area (Å²) in [5.41, 5.74) is 0.541. The van der Waals surface area contributed by atoms with Gasteiger partial charge in [-0.15, -0.1) is 11.3 Å². The Morgan fingerprint density at radius 2 is 2.24 bits per heavy atom. The summed E-state index contributed by atoms with van der Waals surface area (Å²) in [6.07, 6.45) is 0. The largest absolute Gasteiger partial charge is 0.477 e. The lowest BCUT2D eigenvalue weighted by molar-refractivity contribution is 0.0700. The number of thiophene rings is 1. The number of rotatable bonds is 7. The lowest BCUT2D eigenvalue weighted by Gasteiger charge is -2.16. The Hall–Kier alpha value is -1.50. The molecule has 21 heavy (non-hydrogen) atoms. The van der Waals surface area contributed by atoms with Crippen LogP contribution in [0.3, 0.4) is 0 Å². The highest BCUT2D eigenvalue weighted by Gasteiger charge is 2.21. The van der Waals surface area contributed by atoms with E-state index in [1.807, 2.05) is 18.9 Å². The second-order valence-corrected chi connectivity index (χ2v) is 5.81. The third-order valence-electron chi connectivity index (χ3n) is 3.21. The summed E-state index contributed by atoms with van der Waals surface area (Å²) in [5, 5.41) is 9.75. The fourth-order valence-electron chi connectivity index (χ4n) is 2.20. The van der Waals surface area contributed by atoms with Crippen LogP contribution < -0.4 is 0 Å². The summed E-state index contributed by atoms with van der Waals surface area (Å²) in [5.74, 6) is -1.38. The van der Waals surface area contributed by atoms with Crippen molar-refractivity contribution in [3.63, 3.8) is 0 Å². The number of hydrogen-bond donors (Lipinski definition) is 1. The highest BCUT2D eigenvalue weighted by molar-refractivity contribution is 7.21. The molecule has 2 aromatic rings. The summed E-state index contributed by atoms with van der Waals surface area (Å²) >= 11 is 1.12. The van der Waals surface area contributed by atoms with Crippen molar-refractivity contribution in [2.45, 2.75) is 13.5 Å². The van der Waals surface area contributed by atoms with Crippen LogP contribution in [0.1, 0.15) is 22.2 Å². The van der Waals surface area contributed by atoms with Gasteiger partial charge in [0.1, 0.15) is 10.7 Å². The van der Waals surface area contributed by atoms with Crippen molar-refractivity contribution >= 4 is 27.4 Å². The molecule has 1 aromatic carbocycles. The Morgan fingerprint density at radius 3 is 2.90 bits per heavy atom. The van der Waals surface area contributed by atoms with Gasteiger partial charge in [0.05, 0.1) is 6.61 Å². The van der Waals surface area contributed by atoms with Crippen LogP contribution in [-0.4, -0.2) is 42.8 Å². The average molecular weight is 311 g/mol. The monoisotopic (exact) mass is 311 g/mol. The lowest BCUT2D eigenvalue weighted by Crippen LogP contribution is -2.23. The van der Waals surface area contributed by atoms with Crippen molar-refractivity contribution in [2.75, 3.05) is 26.8 Å². The van der Waals surface area contributed by atoms with E-state index in [0.717, 1.165) is 11.3 Å². The molecule has 2 rings (SSSR count). The van der Waals surface area contributed by atoms with E-state index in [2.05, 4.69) is 0 Å². The van der Waals surface area contributed by atoms with Gasteiger partial charge in [0.25, 0.3) is 0 Å². The Bertz CT molecular complexity index is 641. The van der Waals surface area contributed by atoms with Crippen LogP contribution in [0.2, 0.25) is 0 Å². The van der Waals surface area contributed by atoms with Crippen molar-refractivity contribution in [3.05, 3.63) is 34.5 Å². The van der Waals surface area contributed by atoms with Gasteiger partial charge in [-0.25, -0.2) is 9.18 Å². The van der Waals surface area contributed by atoms with E-state index in [-0.39, 0.29) is 10.7 Å². The molecule has 0 aliphatic heterocycles. The van der Waals surface area contributed by atoms with Crippen LogP contribution in [-0.2, 0) is 11.3 Å². The molecule has 0 saturated heterocycles.